The molecular weight excluding hydrogens is 375 g/mol. The summed E-state index contributed by atoms with van der Waals surface area (Å²) >= 11 is 0. The Balaban J connectivity index is 2.13. The molecule has 0 spiro atoms. The lowest BCUT2D eigenvalue weighted by Gasteiger charge is -2.26. The average Bonchev–Trinajstić information content (AvgIpc) is 3.12. The SMILES string of the molecule is CCCCC1(C(=O)OCc2ccccc2)CC(P(=O)(OOC)OOC)=NN1. The lowest BCUT2D eigenvalue weighted by molar-refractivity contribution is -0.238. The number of ether oxygens (including phenoxy) is 1. The van der Waals surface area contributed by atoms with E-state index in [1.807, 2.05) is 37.3 Å². The maximum Gasteiger partial charge on any atom is 0.430 e. The highest BCUT2D eigenvalue weighted by atomic mass is 31.2. The van der Waals surface area contributed by atoms with Crippen molar-refractivity contribution in [1.82, 2.24) is 5.43 Å². The second-order valence-corrected chi connectivity index (χ2v) is 7.85. The molecule has 0 fully saturated rings. The van der Waals surface area contributed by atoms with Gasteiger partial charge in [0, 0.05) is 6.42 Å². The summed E-state index contributed by atoms with van der Waals surface area (Å²) < 4.78 is 27.7. The number of carbonyl (C=O) groups excluding carboxylic acids is 1. The van der Waals surface area contributed by atoms with Crippen molar-refractivity contribution in [2.24, 2.45) is 5.10 Å². The Morgan fingerprint density at radius 1 is 1.22 bits per heavy atom. The van der Waals surface area contributed by atoms with E-state index < -0.39 is 19.1 Å². The van der Waals surface area contributed by atoms with Crippen LogP contribution in [0.3, 0.4) is 0 Å². The van der Waals surface area contributed by atoms with Gasteiger partial charge in [0.05, 0.1) is 14.2 Å². The van der Waals surface area contributed by atoms with Crippen LogP contribution in [0.5, 0.6) is 0 Å². The number of nitrogens with one attached hydrogen (secondary N) is 1. The first-order valence-electron chi connectivity index (χ1n) is 8.60. The molecule has 1 aromatic rings. The van der Waals surface area contributed by atoms with Gasteiger partial charge in [-0.15, -0.1) is 9.35 Å². The first-order valence-corrected chi connectivity index (χ1v) is 10.1. The molecule has 1 aliphatic heterocycles. The predicted molar refractivity (Wildman–Crippen MR) is 97.5 cm³/mol. The Labute approximate surface area is 158 Å². The van der Waals surface area contributed by atoms with Crippen molar-refractivity contribution in [2.75, 3.05) is 14.2 Å². The first-order chi connectivity index (χ1) is 13.0. The molecule has 27 heavy (non-hydrogen) atoms. The highest BCUT2D eigenvalue weighted by Crippen LogP contribution is 2.53. The zero-order valence-corrected chi connectivity index (χ0v) is 16.6. The van der Waals surface area contributed by atoms with Crippen molar-refractivity contribution < 1.29 is 33.2 Å². The number of carbonyl (C=O) groups is 1. The van der Waals surface area contributed by atoms with Gasteiger partial charge in [-0.2, -0.15) is 5.10 Å². The highest BCUT2D eigenvalue weighted by Gasteiger charge is 2.51. The van der Waals surface area contributed by atoms with Crippen LogP contribution in [0.1, 0.15) is 38.2 Å². The number of nitrogens with zero attached hydrogens (tertiary/aromatic N) is 1. The molecule has 1 heterocycles. The number of hydrazone groups is 1. The molecule has 0 bridgehead atoms. The number of esters is 1. The zero-order valence-electron chi connectivity index (χ0n) is 15.7. The second-order valence-electron chi connectivity index (χ2n) is 6.04. The van der Waals surface area contributed by atoms with Gasteiger partial charge in [-0.05, 0) is 12.0 Å². The quantitative estimate of drug-likeness (QED) is 0.261. The maximum atomic E-state index is 12.8. The van der Waals surface area contributed by atoms with Gasteiger partial charge >= 0.3 is 13.6 Å². The van der Waals surface area contributed by atoms with Crippen LogP contribution in [0, 0.1) is 0 Å². The lowest BCUT2D eigenvalue weighted by Crippen LogP contribution is -2.48. The van der Waals surface area contributed by atoms with Crippen LogP contribution in [0.2, 0.25) is 0 Å². The molecule has 0 saturated carbocycles. The number of rotatable bonds is 11. The topological polar surface area (TPSA) is 105 Å². The molecule has 2 rings (SSSR count). The molecule has 0 aromatic heterocycles. The Morgan fingerprint density at radius 2 is 1.89 bits per heavy atom. The monoisotopic (exact) mass is 400 g/mol. The van der Waals surface area contributed by atoms with Crippen LogP contribution >= 0.6 is 7.60 Å². The van der Waals surface area contributed by atoms with E-state index in [1.165, 1.54) is 14.2 Å². The molecule has 150 valence electrons. The summed E-state index contributed by atoms with van der Waals surface area (Å²) in [6.45, 7) is 2.14. The van der Waals surface area contributed by atoms with Crippen LogP contribution in [0.4, 0.5) is 0 Å². The first kappa shape index (κ1) is 21.5. The summed E-state index contributed by atoms with van der Waals surface area (Å²) in [5.74, 6) is -0.486. The summed E-state index contributed by atoms with van der Waals surface area (Å²) in [7, 11) is -1.59. The summed E-state index contributed by atoms with van der Waals surface area (Å²) in [5.41, 5.74) is 2.50. The van der Waals surface area contributed by atoms with Gasteiger partial charge in [0.1, 0.15) is 6.61 Å². The number of hydrogen-bond acceptors (Lipinski definition) is 9. The molecule has 1 atom stereocenters. The molecule has 0 aliphatic carbocycles. The highest BCUT2D eigenvalue weighted by molar-refractivity contribution is 7.72. The van der Waals surface area contributed by atoms with E-state index in [4.69, 9.17) is 14.1 Å². The number of hydrogen-bond donors (Lipinski definition) is 1. The van der Waals surface area contributed by atoms with Gasteiger partial charge in [0.15, 0.2) is 11.0 Å². The molecule has 1 N–H and O–H groups in total. The number of unbranched alkanes of at least 4 members (excludes halogenated alkanes) is 1. The third-order valence-corrected chi connectivity index (χ3v) is 5.66. The van der Waals surface area contributed by atoms with Gasteiger partial charge in [0.25, 0.3) is 0 Å². The fraction of sp³-hybridized carbons (Fsp3) is 0.529. The fourth-order valence-electron chi connectivity index (χ4n) is 2.68. The van der Waals surface area contributed by atoms with E-state index in [0.29, 0.717) is 6.42 Å². The van der Waals surface area contributed by atoms with Gasteiger partial charge in [-0.1, -0.05) is 50.1 Å². The zero-order chi connectivity index (χ0) is 19.8. The van der Waals surface area contributed by atoms with Gasteiger partial charge in [0.2, 0.25) is 0 Å². The third kappa shape index (κ3) is 5.37. The Hall–Kier alpha value is -1.77. The van der Waals surface area contributed by atoms with Gasteiger partial charge in [-0.3, -0.25) is 5.43 Å². The van der Waals surface area contributed by atoms with E-state index in [1.54, 1.807) is 0 Å². The Bertz CT molecular complexity index is 688. The maximum absolute atomic E-state index is 12.8. The van der Waals surface area contributed by atoms with Crippen molar-refractivity contribution in [3.63, 3.8) is 0 Å². The Kier molecular flexibility index (Phi) is 7.94. The standard InChI is InChI=1S/C17H25N2O7P/c1-4-5-11-17(16(20)24-13-14-9-7-6-8-10-14)12-15(18-19-17)27(21,25-22-2)26-23-3/h6-10,19H,4-5,11-13H2,1-3H3. The van der Waals surface area contributed by atoms with Crippen molar-refractivity contribution in [1.29, 1.82) is 0 Å². The molecule has 1 unspecified atom stereocenters. The normalized spacial score (nSPS) is 19.4. The lowest BCUT2D eigenvalue weighted by atomic mass is 9.91. The van der Waals surface area contributed by atoms with Crippen LogP contribution in [-0.4, -0.2) is 31.2 Å². The van der Waals surface area contributed by atoms with Gasteiger partial charge < -0.3 is 4.74 Å². The van der Waals surface area contributed by atoms with E-state index in [0.717, 1.165) is 18.4 Å². The van der Waals surface area contributed by atoms with Crippen molar-refractivity contribution >= 4 is 19.0 Å². The van der Waals surface area contributed by atoms with E-state index in [-0.39, 0.29) is 18.5 Å². The van der Waals surface area contributed by atoms with Crippen LogP contribution in [-0.2, 0) is 39.8 Å². The molecule has 9 nitrogen and oxygen atoms in total. The molecule has 1 aliphatic rings. The molecule has 1 aromatic carbocycles. The summed E-state index contributed by atoms with van der Waals surface area (Å²) in [5, 5.41) is 4.02. The minimum absolute atomic E-state index is 0.000959. The molecule has 0 saturated heterocycles. The smallest absolute Gasteiger partial charge is 0.430 e. The Morgan fingerprint density at radius 3 is 2.48 bits per heavy atom. The van der Waals surface area contributed by atoms with Crippen molar-refractivity contribution in [3.05, 3.63) is 35.9 Å². The van der Waals surface area contributed by atoms with Crippen LogP contribution < -0.4 is 5.43 Å². The fourth-order valence-corrected chi connectivity index (χ4v) is 3.90. The predicted octanol–water partition coefficient (Wildman–Crippen LogP) is 3.31. The molecule has 10 heteroatoms. The van der Waals surface area contributed by atoms with Crippen molar-refractivity contribution in [3.8, 4) is 0 Å². The van der Waals surface area contributed by atoms with E-state index in [2.05, 4.69) is 20.3 Å². The summed E-state index contributed by atoms with van der Waals surface area (Å²) in [6, 6.07) is 9.35. The second kappa shape index (κ2) is 9.96. The van der Waals surface area contributed by atoms with Crippen LogP contribution in [0.15, 0.2) is 35.4 Å². The van der Waals surface area contributed by atoms with Crippen molar-refractivity contribution in [2.45, 2.75) is 44.8 Å². The summed E-state index contributed by atoms with van der Waals surface area (Å²) in [6.07, 6.45) is 2.05. The number of benzene rings is 1. The summed E-state index contributed by atoms with van der Waals surface area (Å²) in [4.78, 5) is 21.8. The minimum Gasteiger partial charge on any atom is -0.459 e. The third-order valence-electron chi connectivity index (χ3n) is 4.08. The minimum atomic E-state index is -3.96. The largest absolute Gasteiger partial charge is 0.459 e. The van der Waals surface area contributed by atoms with E-state index >= 15 is 0 Å². The average molecular weight is 400 g/mol. The molecular formula is C17H25N2O7P. The molecule has 0 radical (unpaired) electrons. The van der Waals surface area contributed by atoms with Gasteiger partial charge in [-0.25, -0.2) is 19.1 Å². The van der Waals surface area contributed by atoms with Crippen LogP contribution in [0.25, 0.3) is 0 Å². The van der Waals surface area contributed by atoms with E-state index in [9.17, 15) is 9.36 Å². The molecule has 0 amide bonds.